The van der Waals surface area contributed by atoms with Crippen molar-refractivity contribution in [2.45, 2.75) is 31.8 Å². The molecule has 1 unspecified atom stereocenters. The van der Waals surface area contributed by atoms with E-state index in [9.17, 15) is 18.7 Å². The van der Waals surface area contributed by atoms with E-state index < -0.39 is 23.6 Å². The fourth-order valence-corrected chi connectivity index (χ4v) is 2.49. The highest BCUT2D eigenvalue weighted by atomic mass is 19.1. The van der Waals surface area contributed by atoms with Gasteiger partial charge in [-0.15, -0.1) is 0 Å². The third-order valence-electron chi connectivity index (χ3n) is 3.54. The Morgan fingerprint density at radius 3 is 2.42 bits per heavy atom. The van der Waals surface area contributed by atoms with E-state index in [0.717, 1.165) is 37.8 Å². The highest BCUT2D eigenvalue weighted by Gasteiger charge is 2.23. The molecule has 1 aromatic rings. The van der Waals surface area contributed by atoms with Crippen molar-refractivity contribution >= 4 is 5.91 Å². The molecule has 2 rings (SSSR count). The van der Waals surface area contributed by atoms with Gasteiger partial charge in [0, 0.05) is 18.2 Å². The monoisotopic (exact) mass is 269 g/mol. The van der Waals surface area contributed by atoms with Crippen LogP contribution in [0.15, 0.2) is 18.2 Å². The molecule has 0 spiro atoms. The molecule has 3 nitrogen and oxygen atoms in total. The zero-order valence-electron chi connectivity index (χ0n) is 10.5. The molecule has 1 aromatic carbocycles. The molecule has 1 amide bonds. The van der Waals surface area contributed by atoms with Gasteiger partial charge >= 0.3 is 0 Å². The number of rotatable bonds is 4. The number of aliphatic hydroxyl groups is 1. The fraction of sp³-hybridized carbons (Fsp3) is 0.500. The summed E-state index contributed by atoms with van der Waals surface area (Å²) in [5, 5.41) is 12.4. The summed E-state index contributed by atoms with van der Waals surface area (Å²) < 4.78 is 25.9. The first-order valence-corrected chi connectivity index (χ1v) is 6.48. The van der Waals surface area contributed by atoms with Crippen molar-refractivity contribution in [2.24, 2.45) is 5.92 Å². The first kappa shape index (κ1) is 13.9. The number of benzene rings is 1. The van der Waals surface area contributed by atoms with Crippen molar-refractivity contribution in [1.29, 1.82) is 0 Å². The fourth-order valence-electron chi connectivity index (χ4n) is 2.49. The van der Waals surface area contributed by atoms with Crippen LogP contribution in [0.25, 0.3) is 0 Å². The van der Waals surface area contributed by atoms with E-state index in [1.165, 1.54) is 0 Å². The minimum atomic E-state index is -0.790. The van der Waals surface area contributed by atoms with Gasteiger partial charge in [-0.05, 0) is 30.9 Å². The molecule has 1 aliphatic rings. The minimum absolute atomic E-state index is 0.0730. The van der Waals surface area contributed by atoms with Crippen LogP contribution in [0.1, 0.15) is 36.0 Å². The summed E-state index contributed by atoms with van der Waals surface area (Å²) in [6, 6.07) is 2.66. The highest BCUT2D eigenvalue weighted by molar-refractivity contribution is 5.94. The lowest BCUT2D eigenvalue weighted by Gasteiger charge is -2.18. The number of carbonyl (C=O) groups is 1. The minimum Gasteiger partial charge on any atom is -0.391 e. The van der Waals surface area contributed by atoms with Gasteiger partial charge < -0.3 is 10.4 Å². The van der Waals surface area contributed by atoms with Gasteiger partial charge in [0.05, 0.1) is 6.10 Å². The zero-order valence-corrected chi connectivity index (χ0v) is 10.5. The Kier molecular flexibility index (Phi) is 4.47. The van der Waals surface area contributed by atoms with Crippen molar-refractivity contribution in [3.05, 3.63) is 35.4 Å². The predicted octanol–water partition coefficient (Wildman–Crippen LogP) is 2.25. The molecule has 2 N–H and O–H groups in total. The van der Waals surface area contributed by atoms with Gasteiger partial charge in [0.1, 0.15) is 11.6 Å². The van der Waals surface area contributed by atoms with E-state index in [2.05, 4.69) is 5.32 Å². The molecular formula is C14H17F2NO2. The van der Waals surface area contributed by atoms with Crippen LogP contribution in [-0.2, 0) is 0 Å². The lowest BCUT2D eigenvalue weighted by molar-refractivity contribution is 0.0840. The first-order valence-electron chi connectivity index (χ1n) is 6.48. The third kappa shape index (κ3) is 3.73. The summed E-state index contributed by atoms with van der Waals surface area (Å²) in [6.45, 7) is 0.113. The SMILES string of the molecule is O=C(NCC(O)C1CCCC1)c1cc(F)cc(F)c1. The van der Waals surface area contributed by atoms with E-state index >= 15 is 0 Å². The van der Waals surface area contributed by atoms with Crippen LogP contribution in [0, 0.1) is 17.6 Å². The number of halogens is 2. The van der Waals surface area contributed by atoms with Crippen molar-refractivity contribution in [3.63, 3.8) is 0 Å². The van der Waals surface area contributed by atoms with Crippen LogP contribution in [-0.4, -0.2) is 23.7 Å². The van der Waals surface area contributed by atoms with Crippen LogP contribution >= 0.6 is 0 Å². The normalized spacial score (nSPS) is 17.4. The maximum atomic E-state index is 13.0. The third-order valence-corrected chi connectivity index (χ3v) is 3.54. The standard InChI is InChI=1S/C14H17F2NO2/c15-11-5-10(6-12(16)7-11)14(19)17-8-13(18)9-3-1-2-4-9/h5-7,9,13,18H,1-4,8H2,(H,17,19). The second-order valence-electron chi connectivity index (χ2n) is 4.98. The second-order valence-corrected chi connectivity index (χ2v) is 4.98. The topological polar surface area (TPSA) is 49.3 Å². The molecule has 0 aromatic heterocycles. The number of nitrogens with one attached hydrogen (secondary N) is 1. The maximum absolute atomic E-state index is 13.0. The van der Waals surface area contributed by atoms with Crippen LogP contribution < -0.4 is 5.32 Å². The average molecular weight is 269 g/mol. The molecule has 1 fully saturated rings. The molecule has 0 saturated heterocycles. The Balaban J connectivity index is 1.89. The van der Waals surface area contributed by atoms with Crippen molar-refractivity contribution in [2.75, 3.05) is 6.54 Å². The first-order chi connectivity index (χ1) is 9.06. The Bertz CT molecular complexity index is 439. The molecular weight excluding hydrogens is 252 g/mol. The summed E-state index contributed by atoms with van der Waals surface area (Å²) in [5.41, 5.74) is -0.0730. The van der Waals surface area contributed by atoms with Gasteiger partial charge in [-0.1, -0.05) is 12.8 Å². The van der Waals surface area contributed by atoms with Crippen molar-refractivity contribution in [1.82, 2.24) is 5.32 Å². The van der Waals surface area contributed by atoms with Gasteiger partial charge in [-0.2, -0.15) is 0 Å². The van der Waals surface area contributed by atoms with E-state index in [-0.39, 0.29) is 18.0 Å². The smallest absolute Gasteiger partial charge is 0.251 e. The quantitative estimate of drug-likeness (QED) is 0.880. The summed E-state index contributed by atoms with van der Waals surface area (Å²) in [4.78, 5) is 11.7. The van der Waals surface area contributed by atoms with Gasteiger partial charge in [0.2, 0.25) is 0 Å². The van der Waals surface area contributed by atoms with E-state index in [1.807, 2.05) is 0 Å². The van der Waals surface area contributed by atoms with Crippen LogP contribution in [0.3, 0.4) is 0 Å². The van der Waals surface area contributed by atoms with E-state index in [4.69, 9.17) is 0 Å². The maximum Gasteiger partial charge on any atom is 0.251 e. The Hall–Kier alpha value is -1.49. The lowest BCUT2D eigenvalue weighted by atomic mass is 10.0. The molecule has 1 atom stereocenters. The molecule has 0 aliphatic heterocycles. The van der Waals surface area contributed by atoms with E-state index in [1.54, 1.807) is 0 Å². The van der Waals surface area contributed by atoms with Gasteiger partial charge in [-0.25, -0.2) is 8.78 Å². The summed E-state index contributed by atoms with van der Waals surface area (Å²) in [5.74, 6) is -1.94. The zero-order chi connectivity index (χ0) is 13.8. The van der Waals surface area contributed by atoms with Gasteiger partial charge in [-0.3, -0.25) is 4.79 Å². The van der Waals surface area contributed by atoms with Gasteiger partial charge in [0.25, 0.3) is 5.91 Å². The van der Waals surface area contributed by atoms with Crippen molar-refractivity contribution < 1.29 is 18.7 Å². The molecule has 5 heteroatoms. The molecule has 0 heterocycles. The molecule has 0 radical (unpaired) electrons. The lowest BCUT2D eigenvalue weighted by Crippen LogP contribution is -2.35. The molecule has 0 bridgehead atoms. The molecule has 1 saturated carbocycles. The number of amides is 1. The summed E-state index contributed by atoms with van der Waals surface area (Å²) >= 11 is 0. The number of carbonyl (C=O) groups excluding carboxylic acids is 1. The number of hydrogen-bond donors (Lipinski definition) is 2. The van der Waals surface area contributed by atoms with Crippen LogP contribution in [0.4, 0.5) is 8.78 Å². The Labute approximate surface area is 110 Å². The molecule has 19 heavy (non-hydrogen) atoms. The Morgan fingerprint density at radius 2 is 1.84 bits per heavy atom. The van der Waals surface area contributed by atoms with Crippen molar-refractivity contribution in [3.8, 4) is 0 Å². The van der Waals surface area contributed by atoms with Crippen LogP contribution in [0.5, 0.6) is 0 Å². The summed E-state index contributed by atoms with van der Waals surface area (Å²) in [7, 11) is 0. The van der Waals surface area contributed by atoms with Crippen LogP contribution in [0.2, 0.25) is 0 Å². The summed E-state index contributed by atoms with van der Waals surface area (Å²) in [6.07, 6.45) is 3.54. The number of hydrogen-bond acceptors (Lipinski definition) is 2. The van der Waals surface area contributed by atoms with Gasteiger partial charge in [0.15, 0.2) is 0 Å². The predicted molar refractivity (Wildman–Crippen MR) is 66.7 cm³/mol. The Morgan fingerprint density at radius 1 is 1.26 bits per heavy atom. The largest absolute Gasteiger partial charge is 0.391 e. The molecule has 1 aliphatic carbocycles. The highest BCUT2D eigenvalue weighted by Crippen LogP contribution is 2.27. The number of aliphatic hydroxyl groups excluding tert-OH is 1. The average Bonchev–Trinajstić information content (AvgIpc) is 2.88. The second kappa shape index (κ2) is 6.10. The van der Waals surface area contributed by atoms with E-state index in [0.29, 0.717) is 6.07 Å². The molecule has 104 valence electrons.